The van der Waals surface area contributed by atoms with Crippen molar-refractivity contribution in [2.24, 2.45) is 0 Å². The molecule has 1 aromatic heterocycles. The van der Waals surface area contributed by atoms with Gasteiger partial charge in [-0.05, 0) is 64.1 Å². The molecule has 0 unspecified atom stereocenters. The minimum absolute atomic E-state index is 0.150. The minimum atomic E-state index is 0.150. The van der Waals surface area contributed by atoms with Gasteiger partial charge >= 0.3 is 0 Å². The van der Waals surface area contributed by atoms with Crippen LogP contribution in [0.25, 0.3) is 0 Å². The van der Waals surface area contributed by atoms with Crippen molar-refractivity contribution >= 4 is 23.0 Å². The van der Waals surface area contributed by atoms with Gasteiger partial charge in [0.05, 0.1) is 18.4 Å². The number of hydrogen-bond donors (Lipinski definition) is 2. The first kappa shape index (κ1) is 19.5. The molecular formula is C22H26N4O2. The van der Waals surface area contributed by atoms with E-state index in [9.17, 15) is 0 Å². The van der Waals surface area contributed by atoms with Gasteiger partial charge in [0.1, 0.15) is 29.0 Å². The molecule has 0 saturated carbocycles. The zero-order valence-corrected chi connectivity index (χ0v) is 16.7. The van der Waals surface area contributed by atoms with Gasteiger partial charge in [-0.2, -0.15) is 0 Å². The number of aryl methyl sites for hydroxylation is 1. The van der Waals surface area contributed by atoms with Gasteiger partial charge in [0.2, 0.25) is 0 Å². The minimum Gasteiger partial charge on any atom is -0.492 e. The first-order valence-electron chi connectivity index (χ1n) is 9.41. The van der Waals surface area contributed by atoms with Crippen LogP contribution >= 0.6 is 0 Å². The summed E-state index contributed by atoms with van der Waals surface area (Å²) < 4.78 is 11.4. The van der Waals surface area contributed by atoms with E-state index in [2.05, 4.69) is 20.6 Å². The van der Waals surface area contributed by atoms with Crippen molar-refractivity contribution in [3.63, 3.8) is 0 Å². The normalized spacial score (nSPS) is 10.6. The van der Waals surface area contributed by atoms with Crippen LogP contribution in [-0.2, 0) is 0 Å². The van der Waals surface area contributed by atoms with Crippen molar-refractivity contribution in [2.75, 3.05) is 17.2 Å². The molecule has 0 aliphatic carbocycles. The summed E-state index contributed by atoms with van der Waals surface area (Å²) in [6, 6.07) is 17.5. The quantitative estimate of drug-likeness (QED) is 0.543. The van der Waals surface area contributed by atoms with Crippen LogP contribution in [0.3, 0.4) is 0 Å². The highest BCUT2D eigenvalue weighted by atomic mass is 16.5. The average Bonchev–Trinajstić information content (AvgIpc) is 2.64. The number of nitrogens with zero attached hydrogens (tertiary/aromatic N) is 2. The van der Waals surface area contributed by atoms with Crippen LogP contribution in [0.15, 0.2) is 54.6 Å². The van der Waals surface area contributed by atoms with E-state index in [1.165, 1.54) is 0 Å². The lowest BCUT2D eigenvalue weighted by atomic mass is 10.3. The van der Waals surface area contributed by atoms with E-state index in [1.807, 2.05) is 82.3 Å². The summed E-state index contributed by atoms with van der Waals surface area (Å²) >= 11 is 0. The molecule has 6 heteroatoms. The topological polar surface area (TPSA) is 68.3 Å². The molecule has 146 valence electrons. The Balaban J connectivity index is 1.76. The predicted molar refractivity (Wildman–Crippen MR) is 113 cm³/mol. The van der Waals surface area contributed by atoms with Crippen molar-refractivity contribution < 1.29 is 9.47 Å². The molecular weight excluding hydrogens is 352 g/mol. The number of aromatic nitrogens is 2. The first-order chi connectivity index (χ1) is 13.5. The highest BCUT2D eigenvalue weighted by Gasteiger charge is 2.07. The van der Waals surface area contributed by atoms with E-state index < -0.39 is 0 Å². The molecule has 3 aromatic rings. The summed E-state index contributed by atoms with van der Waals surface area (Å²) in [6.45, 7) is 8.45. The number of para-hydroxylation sites is 2. The Morgan fingerprint density at radius 3 is 2.29 bits per heavy atom. The smallest absolute Gasteiger partial charge is 0.142 e. The van der Waals surface area contributed by atoms with Crippen molar-refractivity contribution in [1.82, 2.24) is 9.97 Å². The Bertz CT molecular complexity index is 911. The predicted octanol–water partition coefficient (Wildman–Crippen LogP) is 5.46. The molecule has 0 radical (unpaired) electrons. The summed E-state index contributed by atoms with van der Waals surface area (Å²) in [7, 11) is 0. The maximum Gasteiger partial charge on any atom is 0.142 e. The molecule has 0 bridgehead atoms. The molecule has 0 aliphatic heterocycles. The fourth-order valence-electron chi connectivity index (χ4n) is 2.72. The van der Waals surface area contributed by atoms with E-state index in [1.54, 1.807) is 0 Å². The van der Waals surface area contributed by atoms with E-state index in [0.29, 0.717) is 24.1 Å². The second-order valence-corrected chi connectivity index (χ2v) is 6.56. The zero-order chi connectivity index (χ0) is 19.9. The fourth-order valence-corrected chi connectivity index (χ4v) is 2.72. The number of anilines is 4. The van der Waals surface area contributed by atoms with Crippen LogP contribution < -0.4 is 20.1 Å². The second kappa shape index (κ2) is 9.08. The van der Waals surface area contributed by atoms with E-state index >= 15 is 0 Å². The number of ether oxygens (including phenoxy) is 2. The summed E-state index contributed by atoms with van der Waals surface area (Å²) in [5.41, 5.74) is 1.79. The van der Waals surface area contributed by atoms with Crippen molar-refractivity contribution in [2.45, 2.75) is 33.8 Å². The third kappa shape index (κ3) is 5.36. The summed E-state index contributed by atoms with van der Waals surface area (Å²) in [4.78, 5) is 8.96. The Morgan fingerprint density at radius 2 is 1.61 bits per heavy atom. The molecule has 0 aliphatic rings. The Hall–Kier alpha value is -3.28. The number of rotatable bonds is 8. The fraction of sp³-hybridized carbons (Fsp3) is 0.273. The maximum absolute atomic E-state index is 5.68. The van der Waals surface area contributed by atoms with Gasteiger partial charge in [0.25, 0.3) is 0 Å². The third-order valence-corrected chi connectivity index (χ3v) is 3.79. The van der Waals surface area contributed by atoms with Gasteiger partial charge in [0.15, 0.2) is 0 Å². The largest absolute Gasteiger partial charge is 0.492 e. The van der Waals surface area contributed by atoms with E-state index in [4.69, 9.17) is 9.47 Å². The van der Waals surface area contributed by atoms with Gasteiger partial charge in [-0.3, -0.25) is 0 Å². The second-order valence-electron chi connectivity index (χ2n) is 6.56. The van der Waals surface area contributed by atoms with Gasteiger partial charge in [-0.25, -0.2) is 9.97 Å². The molecule has 3 rings (SSSR count). The number of nitrogens with one attached hydrogen (secondary N) is 2. The van der Waals surface area contributed by atoms with E-state index in [0.717, 1.165) is 22.9 Å². The Kier molecular flexibility index (Phi) is 6.32. The molecule has 1 heterocycles. The first-order valence-corrected chi connectivity index (χ1v) is 9.41. The van der Waals surface area contributed by atoms with Crippen LogP contribution in [0.2, 0.25) is 0 Å². The van der Waals surface area contributed by atoms with Gasteiger partial charge < -0.3 is 20.1 Å². The van der Waals surface area contributed by atoms with Crippen LogP contribution in [0.4, 0.5) is 23.0 Å². The molecule has 0 spiro atoms. The highest BCUT2D eigenvalue weighted by Crippen LogP contribution is 2.28. The van der Waals surface area contributed by atoms with E-state index in [-0.39, 0.29) is 6.10 Å². The van der Waals surface area contributed by atoms with Crippen molar-refractivity contribution in [3.05, 3.63) is 60.4 Å². The summed E-state index contributed by atoms with van der Waals surface area (Å²) in [5.74, 6) is 3.70. The molecule has 28 heavy (non-hydrogen) atoms. The van der Waals surface area contributed by atoms with Crippen molar-refractivity contribution in [1.29, 1.82) is 0 Å². The molecule has 0 atom stereocenters. The monoisotopic (exact) mass is 378 g/mol. The van der Waals surface area contributed by atoms with Gasteiger partial charge in [-0.1, -0.05) is 12.1 Å². The lowest BCUT2D eigenvalue weighted by Crippen LogP contribution is -2.05. The van der Waals surface area contributed by atoms with Crippen LogP contribution in [0.1, 0.15) is 26.6 Å². The number of benzene rings is 2. The van der Waals surface area contributed by atoms with Crippen LogP contribution in [0, 0.1) is 6.92 Å². The lowest BCUT2D eigenvalue weighted by Gasteiger charge is -2.14. The molecule has 0 saturated heterocycles. The summed E-state index contributed by atoms with van der Waals surface area (Å²) in [6.07, 6.45) is 0.150. The third-order valence-electron chi connectivity index (χ3n) is 3.79. The van der Waals surface area contributed by atoms with Gasteiger partial charge in [0, 0.05) is 11.8 Å². The highest BCUT2D eigenvalue weighted by molar-refractivity contribution is 5.67. The lowest BCUT2D eigenvalue weighted by molar-refractivity contribution is 0.242. The molecule has 0 amide bonds. The summed E-state index contributed by atoms with van der Waals surface area (Å²) in [5, 5.41) is 6.63. The Morgan fingerprint density at radius 1 is 0.929 bits per heavy atom. The molecule has 2 N–H and O–H groups in total. The molecule has 6 nitrogen and oxygen atoms in total. The molecule has 0 fully saturated rings. The standard InChI is InChI=1S/C22H26N4O2/c1-5-27-20-9-7-6-8-19(20)26-22-14-21(23-16(4)24-22)25-17-10-12-18(13-11-17)28-15(2)3/h6-15H,5H2,1-4H3,(H2,23,24,25,26). The average molecular weight is 378 g/mol. The van der Waals surface area contributed by atoms with Crippen molar-refractivity contribution in [3.8, 4) is 11.5 Å². The number of hydrogen-bond acceptors (Lipinski definition) is 6. The van der Waals surface area contributed by atoms with Crippen LogP contribution in [0.5, 0.6) is 11.5 Å². The Labute approximate surface area is 166 Å². The van der Waals surface area contributed by atoms with Crippen LogP contribution in [-0.4, -0.2) is 22.7 Å². The molecule has 2 aromatic carbocycles. The van der Waals surface area contributed by atoms with Gasteiger partial charge in [-0.15, -0.1) is 0 Å². The SMILES string of the molecule is CCOc1ccccc1Nc1cc(Nc2ccc(OC(C)C)cc2)nc(C)n1. The maximum atomic E-state index is 5.68. The zero-order valence-electron chi connectivity index (χ0n) is 16.7.